The van der Waals surface area contributed by atoms with Crippen molar-refractivity contribution >= 4 is 6.29 Å². The second kappa shape index (κ2) is 3.46. The Bertz CT molecular complexity index is 446. The van der Waals surface area contributed by atoms with Crippen LogP contribution in [0.1, 0.15) is 15.9 Å². The fourth-order valence-corrected chi connectivity index (χ4v) is 1.43. The fourth-order valence-electron chi connectivity index (χ4n) is 1.43. The highest BCUT2D eigenvalue weighted by Crippen LogP contribution is 2.24. The number of aromatic nitrogens is 1. The van der Waals surface area contributed by atoms with Gasteiger partial charge in [0.15, 0.2) is 6.29 Å². The van der Waals surface area contributed by atoms with Gasteiger partial charge in [0.2, 0.25) is 5.89 Å². The van der Waals surface area contributed by atoms with E-state index >= 15 is 0 Å². The van der Waals surface area contributed by atoms with Crippen molar-refractivity contribution in [3.05, 3.63) is 41.8 Å². The van der Waals surface area contributed by atoms with E-state index < -0.39 is 0 Å². The minimum atomic E-state index is 0.491. The quantitative estimate of drug-likeness (QED) is 0.678. The molecule has 0 saturated carbocycles. The normalized spacial score (nSPS) is 10.1. The number of aryl methyl sites for hydroxylation is 1. The van der Waals surface area contributed by atoms with Gasteiger partial charge >= 0.3 is 0 Å². The van der Waals surface area contributed by atoms with E-state index in [1.54, 1.807) is 12.3 Å². The third-order valence-corrected chi connectivity index (χ3v) is 2.08. The van der Waals surface area contributed by atoms with Crippen molar-refractivity contribution < 1.29 is 9.21 Å². The van der Waals surface area contributed by atoms with Gasteiger partial charge in [0, 0.05) is 5.56 Å². The first-order chi connectivity index (χ1) is 6.83. The molecule has 0 spiro atoms. The number of aldehydes is 1. The topological polar surface area (TPSA) is 43.1 Å². The number of benzene rings is 1. The molecule has 0 saturated heterocycles. The van der Waals surface area contributed by atoms with Gasteiger partial charge in [-0.05, 0) is 12.5 Å². The van der Waals surface area contributed by atoms with Gasteiger partial charge in [-0.2, -0.15) is 0 Å². The number of carbonyl (C=O) groups excluding carboxylic acids is 1. The smallest absolute Gasteiger partial charge is 0.226 e. The van der Waals surface area contributed by atoms with Gasteiger partial charge < -0.3 is 4.42 Å². The first-order valence-electron chi connectivity index (χ1n) is 4.27. The lowest BCUT2D eigenvalue weighted by Gasteiger charge is -2.03. The Balaban J connectivity index is 2.67. The summed E-state index contributed by atoms with van der Waals surface area (Å²) in [6.45, 7) is 1.92. The van der Waals surface area contributed by atoms with E-state index in [2.05, 4.69) is 4.98 Å². The Morgan fingerprint density at radius 1 is 1.43 bits per heavy atom. The van der Waals surface area contributed by atoms with Crippen LogP contribution in [0.5, 0.6) is 0 Å². The molecule has 2 aromatic rings. The Labute approximate surface area is 81.4 Å². The molecule has 0 amide bonds. The van der Waals surface area contributed by atoms with Crippen molar-refractivity contribution in [3.8, 4) is 11.5 Å². The van der Waals surface area contributed by atoms with Crippen molar-refractivity contribution in [1.29, 1.82) is 0 Å². The summed E-state index contributed by atoms with van der Waals surface area (Å²) < 4.78 is 5.17. The van der Waals surface area contributed by atoms with Gasteiger partial charge in [-0.1, -0.05) is 18.2 Å². The molecular weight excluding hydrogens is 178 g/mol. The van der Waals surface area contributed by atoms with E-state index in [0.717, 1.165) is 17.4 Å². The molecule has 0 aliphatic rings. The Kier molecular flexibility index (Phi) is 2.14. The molecule has 1 aromatic carbocycles. The van der Waals surface area contributed by atoms with Crippen LogP contribution in [0.15, 0.2) is 35.1 Å². The molecule has 0 radical (unpaired) electrons. The van der Waals surface area contributed by atoms with Crippen LogP contribution in [0.3, 0.4) is 0 Å². The average Bonchev–Trinajstić information content (AvgIpc) is 2.70. The van der Waals surface area contributed by atoms with Crippen LogP contribution in [0.4, 0.5) is 0 Å². The van der Waals surface area contributed by atoms with Crippen LogP contribution in [0.2, 0.25) is 0 Å². The second-order valence-electron chi connectivity index (χ2n) is 2.99. The molecular formula is C11H9NO2. The molecule has 0 unspecified atom stereocenters. The summed E-state index contributed by atoms with van der Waals surface area (Å²) in [6, 6.07) is 5.51. The highest BCUT2D eigenvalue weighted by Gasteiger charge is 2.10. The number of oxazole rings is 1. The predicted molar refractivity (Wildman–Crippen MR) is 52.1 cm³/mol. The minimum Gasteiger partial charge on any atom is -0.444 e. The number of rotatable bonds is 2. The van der Waals surface area contributed by atoms with Crippen molar-refractivity contribution in [3.63, 3.8) is 0 Å². The highest BCUT2D eigenvalue weighted by molar-refractivity contribution is 5.86. The lowest BCUT2D eigenvalue weighted by Crippen LogP contribution is -1.90. The molecule has 0 aliphatic heterocycles. The lowest BCUT2D eigenvalue weighted by atomic mass is 10.0. The summed E-state index contributed by atoms with van der Waals surface area (Å²) >= 11 is 0. The minimum absolute atomic E-state index is 0.491. The standard InChI is InChI=1S/C11H9NO2/c1-8-3-2-4-9(7-13)10(8)11-12-5-6-14-11/h2-7H,1H3. The second-order valence-corrected chi connectivity index (χ2v) is 2.99. The molecule has 0 N–H and O–H groups in total. The molecule has 0 fully saturated rings. The van der Waals surface area contributed by atoms with Crippen molar-refractivity contribution in [2.24, 2.45) is 0 Å². The van der Waals surface area contributed by atoms with E-state index in [1.807, 2.05) is 19.1 Å². The van der Waals surface area contributed by atoms with Crippen LogP contribution in [-0.4, -0.2) is 11.3 Å². The maximum Gasteiger partial charge on any atom is 0.226 e. The van der Waals surface area contributed by atoms with Gasteiger partial charge in [-0.3, -0.25) is 4.79 Å². The maximum atomic E-state index is 10.8. The van der Waals surface area contributed by atoms with Crippen molar-refractivity contribution in [2.75, 3.05) is 0 Å². The van der Waals surface area contributed by atoms with Gasteiger partial charge in [0.1, 0.15) is 6.26 Å². The van der Waals surface area contributed by atoms with Crippen molar-refractivity contribution in [1.82, 2.24) is 4.98 Å². The molecule has 2 rings (SSSR count). The van der Waals surface area contributed by atoms with Crippen LogP contribution in [0.25, 0.3) is 11.5 Å². The molecule has 3 heteroatoms. The molecule has 1 aromatic heterocycles. The molecule has 1 heterocycles. The van der Waals surface area contributed by atoms with Gasteiger partial charge in [0.05, 0.1) is 11.8 Å². The average molecular weight is 187 g/mol. The van der Waals surface area contributed by atoms with E-state index in [4.69, 9.17) is 4.42 Å². The largest absolute Gasteiger partial charge is 0.444 e. The summed E-state index contributed by atoms with van der Waals surface area (Å²) in [5.41, 5.74) is 2.36. The van der Waals surface area contributed by atoms with Crippen LogP contribution >= 0.6 is 0 Å². The van der Waals surface area contributed by atoms with E-state index in [1.165, 1.54) is 6.26 Å². The zero-order valence-electron chi connectivity index (χ0n) is 7.73. The first kappa shape index (κ1) is 8.69. The monoisotopic (exact) mass is 187 g/mol. The number of hydrogen-bond acceptors (Lipinski definition) is 3. The summed E-state index contributed by atoms with van der Waals surface area (Å²) in [7, 11) is 0. The predicted octanol–water partition coefficient (Wildman–Crippen LogP) is 2.46. The zero-order valence-corrected chi connectivity index (χ0v) is 7.73. The van der Waals surface area contributed by atoms with Gasteiger partial charge in [-0.25, -0.2) is 4.98 Å². The first-order valence-corrected chi connectivity index (χ1v) is 4.27. The summed E-state index contributed by atoms with van der Waals surface area (Å²) in [4.78, 5) is 14.8. The van der Waals surface area contributed by atoms with Crippen LogP contribution in [-0.2, 0) is 0 Å². The summed E-state index contributed by atoms with van der Waals surface area (Å²) in [5.74, 6) is 0.491. The molecule has 0 aliphatic carbocycles. The number of nitrogens with zero attached hydrogens (tertiary/aromatic N) is 1. The van der Waals surface area contributed by atoms with E-state index in [9.17, 15) is 4.79 Å². The van der Waals surface area contributed by atoms with E-state index in [0.29, 0.717) is 11.5 Å². The van der Waals surface area contributed by atoms with Crippen LogP contribution in [0, 0.1) is 6.92 Å². The third-order valence-electron chi connectivity index (χ3n) is 2.08. The lowest BCUT2D eigenvalue weighted by molar-refractivity contribution is 0.112. The van der Waals surface area contributed by atoms with Gasteiger partial charge in [0.25, 0.3) is 0 Å². The molecule has 3 nitrogen and oxygen atoms in total. The zero-order chi connectivity index (χ0) is 9.97. The Morgan fingerprint density at radius 2 is 2.29 bits per heavy atom. The van der Waals surface area contributed by atoms with E-state index in [-0.39, 0.29) is 0 Å². The summed E-state index contributed by atoms with van der Waals surface area (Å²) in [5, 5.41) is 0. The highest BCUT2D eigenvalue weighted by atomic mass is 16.3. The third kappa shape index (κ3) is 1.33. The summed E-state index contributed by atoms with van der Waals surface area (Å²) in [6.07, 6.45) is 3.87. The number of hydrogen-bond donors (Lipinski definition) is 0. The Morgan fingerprint density at radius 3 is 2.93 bits per heavy atom. The fraction of sp³-hybridized carbons (Fsp3) is 0.0909. The number of carbonyl (C=O) groups is 1. The van der Waals surface area contributed by atoms with Gasteiger partial charge in [-0.15, -0.1) is 0 Å². The molecule has 70 valence electrons. The molecule has 0 atom stereocenters. The molecule has 0 bridgehead atoms. The van der Waals surface area contributed by atoms with Crippen LogP contribution < -0.4 is 0 Å². The SMILES string of the molecule is Cc1cccc(C=O)c1-c1ncco1. The Hall–Kier alpha value is -1.90. The van der Waals surface area contributed by atoms with Crippen molar-refractivity contribution in [2.45, 2.75) is 6.92 Å². The maximum absolute atomic E-state index is 10.8. The molecule has 14 heavy (non-hydrogen) atoms.